The summed E-state index contributed by atoms with van der Waals surface area (Å²) in [6.45, 7) is 0. The van der Waals surface area contributed by atoms with Crippen LogP contribution >= 0.6 is 11.3 Å². The van der Waals surface area contributed by atoms with Crippen molar-refractivity contribution in [1.82, 2.24) is 4.98 Å². The van der Waals surface area contributed by atoms with E-state index >= 15 is 0 Å². The van der Waals surface area contributed by atoms with E-state index in [2.05, 4.69) is 16.2 Å². The van der Waals surface area contributed by atoms with Gasteiger partial charge in [0.25, 0.3) is 0 Å². The standard InChI is InChI=1S/C12H14N2O3S/c1-2-3-6-10(15)14-12-13-9(8-18-12)5-4-7-11(16)17/h1,8H,3-7H2,(H,16,17)(H,13,14,15). The molecule has 1 heterocycles. The van der Waals surface area contributed by atoms with Gasteiger partial charge in [-0.3, -0.25) is 9.59 Å². The number of carbonyl (C=O) groups is 2. The molecule has 0 atom stereocenters. The first-order valence-corrected chi connectivity index (χ1v) is 6.39. The van der Waals surface area contributed by atoms with Crippen LogP contribution in [0.2, 0.25) is 0 Å². The van der Waals surface area contributed by atoms with Crippen molar-refractivity contribution in [2.75, 3.05) is 5.32 Å². The first-order valence-electron chi connectivity index (χ1n) is 5.51. The van der Waals surface area contributed by atoms with Crippen LogP contribution in [0.4, 0.5) is 5.13 Å². The van der Waals surface area contributed by atoms with Crippen molar-refractivity contribution in [2.24, 2.45) is 0 Å². The molecule has 96 valence electrons. The lowest BCUT2D eigenvalue weighted by atomic mass is 10.2. The minimum Gasteiger partial charge on any atom is -0.481 e. The first kappa shape index (κ1) is 14.2. The molecule has 1 aromatic heterocycles. The molecule has 5 nitrogen and oxygen atoms in total. The molecule has 0 aliphatic carbocycles. The number of carboxylic acid groups (broad SMARTS) is 1. The van der Waals surface area contributed by atoms with E-state index < -0.39 is 5.97 Å². The summed E-state index contributed by atoms with van der Waals surface area (Å²) in [5.41, 5.74) is 0.800. The van der Waals surface area contributed by atoms with Gasteiger partial charge in [-0.25, -0.2) is 4.98 Å². The van der Waals surface area contributed by atoms with Gasteiger partial charge in [0.2, 0.25) is 5.91 Å². The maximum absolute atomic E-state index is 11.4. The van der Waals surface area contributed by atoms with E-state index in [1.165, 1.54) is 11.3 Å². The highest BCUT2D eigenvalue weighted by molar-refractivity contribution is 7.13. The van der Waals surface area contributed by atoms with Gasteiger partial charge in [0.15, 0.2) is 5.13 Å². The second-order valence-corrected chi connectivity index (χ2v) is 4.50. The van der Waals surface area contributed by atoms with Crippen LogP contribution in [0.5, 0.6) is 0 Å². The van der Waals surface area contributed by atoms with Crippen molar-refractivity contribution in [3.05, 3.63) is 11.1 Å². The highest BCUT2D eigenvalue weighted by atomic mass is 32.1. The van der Waals surface area contributed by atoms with Gasteiger partial charge < -0.3 is 10.4 Å². The fraction of sp³-hybridized carbons (Fsp3) is 0.417. The van der Waals surface area contributed by atoms with Crippen molar-refractivity contribution in [1.29, 1.82) is 0 Å². The second-order valence-electron chi connectivity index (χ2n) is 3.64. The third-order valence-corrected chi connectivity index (χ3v) is 2.92. The molecular formula is C12H14N2O3S. The Bertz CT molecular complexity index is 462. The molecular weight excluding hydrogens is 252 g/mol. The minimum absolute atomic E-state index is 0.126. The first-order chi connectivity index (χ1) is 8.61. The van der Waals surface area contributed by atoms with Gasteiger partial charge >= 0.3 is 5.97 Å². The van der Waals surface area contributed by atoms with Gasteiger partial charge in [-0.1, -0.05) is 0 Å². The van der Waals surface area contributed by atoms with E-state index in [1.54, 1.807) is 0 Å². The predicted octanol–water partition coefficient (Wildman–Crippen LogP) is 1.90. The summed E-state index contributed by atoms with van der Waals surface area (Å²) in [5.74, 6) is 1.43. The summed E-state index contributed by atoms with van der Waals surface area (Å²) in [7, 11) is 0. The van der Waals surface area contributed by atoms with E-state index in [9.17, 15) is 9.59 Å². The SMILES string of the molecule is C#CCCC(=O)Nc1nc(CCCC(=O)O)cs1. The number of aromatic nitrogens is 1. The smallest absolute Gasteiger partial charge is 0.303 e. The minimum atomic E-state index is -0.812. The molecule has 0 aliphatic rings. The molecule has 0 aliphatic heterocycles. The van der Waals surface area contributed by atoms with Gasteiger partial charge in [0.05, 0.1) is 5.69 Å². The number of hydrogen-bond acceptors (Lipinski definition) is 4. The third-order valence-electron chi connectivity index (χ3n) is 2.12. The molecule has 1 aromatic rings. The molecule has 1 amide bonds. The maximum Gasteiger partial charge on any atom is 0.303 e. The van der Waals surface area contributed by atoms with Crippen molar-refractivity contribution < 1.29 is 14.7 Å². The Balaban J connectivity index is 2.36. The largest absolute Gasteiger partial charge is 0.481 e. The van der Waals surface area contributed by atoms with E-state index in [-0.39, 0.29) is 18.7 Å². The molecule has 0 spiro atoms. The average molecular weight is 266 g/mol. The van der Waals surface area contributed by atoms with Crippen molar-refractivity contribution in [3.8, 4) is 12.3 Å². The quantitative estimate of drug-likeness (QED) is 0.739. The summed E-state index contributed by atoms with van der Waals surface area (Å²) in [4.78, 5) is 25.9. The number of carboxylic acids is 1. The molecule has 1 rings (SSSR count). The van der Waals surface area contributed by atoms with Crippen molar-refractivity contribution in [3.63, 3.8) is 0 Å². The Morgan fingerprint density at radius 2 is 2.28 bits per heavy atom. The third kappa shape index (κ3) is 5.46. The summed E-state index contributed by atoms with van der Waals surface area (Å²) in [5, 5.41) is 13.5. The molecule has 2 N–H and O–H groups in total. The summed E-state index contributed by atoms with van der Waals surface area (Å²) < 4.78 is 0. The number of amides is 1. The van der Waals surface area contributed by atoms with Gasteiger partial charge in [-0.2, -0.15) is 0 Å². The normalized spacial score (nSPS) is 9.72. The average Bonchev–Trinajstić information content (AvgIpc) is 2.73. The van der Waals surface area contributed by atoms with Gasteiger partial charge in [0, 0.05) is 24.6 Å². The number of nitrogens with one attached hydrogen (secondary N) is 1. The Hall–Kier alpha value is -1.87. The molecule has 0 bridgehead atoms. The Labute approximate surface area is 109 Å². The maximum atomic E-state index is 11.4. The number of rotatable bonds is 7. The van der Waals surface area contributed by atoms with Crippen LogP contribution in [0.15, 0.2) is 5.38 Å². The molecule has 0 saturated carbocycles. The number of hydrogen-bond donors (Lipinski definition) is 2. The summed E-state index contributed by atoms with van der Waals surface area (Å²) in [6.07, 6.45) is 7.02. The number of aliphatic carboxylic acids is 1. The Morgan fingerprint density at radius 1 is 1.50 bits per heavy atom. The lowest BCUT2D eigenvalue weighted by Gasteiger charge is -1.98. The number of nitrogens with zero attached hydrogens (tertiary/aromatic N) is 1. The van der Waals surface area contributed by atoms with Crippen LogP contribution in [-0.4, -0.2) is 22.0 Å². The van der Waals surface area contributed by atoms with Gasteiger partial charge in [-0.15, -0.1) is 23.7 Å². The van der Waals surface area contributed by atoms with Crippen molar-refractivity contribution in [2.45, 2.75) is 32.1 Å². The number of terminal acetylenes is 1. The summed E-state index contributed by atoms with van der Waals surface area (Å²) in [6, 6.07) is 0. The lowest BCUT2D eigenvalue weighted by molar-refractivity contribution is -0.137. The molecule has 0 saturated heterocycles. The fourth-order valence-corrected chi connectivity index (χ4v) is 2.03. The number of carbonyl (C=O) groups excluding carboxylic acids is 1. The zero-order valence-corrected chi connectivity index (χ0v) is 10.6. The van der Waals surface area contributed by atoms with Gasteiger partial charge in [-0.05, 0) is 12.8 Å². The van der Waals surface area contributed by atoms with E-state index in [0.717, 1.165) is 5.69 Å². The van der Waals surface area contributed by atoms with E-state index in [1.807, 2.05) is 5.38 Å². The number of aryl methyl sites for hydroxylation is 1. The molecule has 0 fully saturated rings. The number of thiazole rings is 1. The highest BCUT2D eigenvalue weighted by Crippen LogP contribution is 2.17. The van der Waals surface area contributed by atoms with E-state index in [4.69, 9.17) is 11.5 Å². The Kier molecular flexibility index (Phi) is 5.88. The zero-order chi connectivity index (χ0) is 13.4. The second kappa shape index (κ2) is 7.45. The monoisotopic (exact) mass is 266 g/mol. The van der Waals surface area contributed by atoms with Crippen LogP contribution in [0.1, 0.15) is 31.4 Å². The molecule has 0 unspecified atom stereocenters. The highest BCUT2D eigenvalue weighted by Gasteiger charge is 2.06. The molecule has 18 heavy (non-hydrogen) atoms. The summed E-state index contributed by atoms with van der Waals surface area (Å²) >= 11 is 1.33. The van der Waals surface area contributed by atoms with Crippen LogP contribution in [0, 0.1) is 12.3 Å². The zero-order valence-electron chi connectivity index (χ0n) is 9.81. The van der Waals surface area contributed by atoms with Crippen molar-refractivity contribution >= 4 is 28.3 Å². The van der Waals surface area contributed by atoms with Crippen LogP contribution in [-0.2, 0) is 16.0 Å². The molecule has 6 heteroatoms. The van der Waals surface area contributed by atoms with Gasteiger partial charge in [0.1, 0.15) is 0 Å². The van der Waals surface area contributed by atoms with Crippen LogP contribution < -0.4 is 5.32 Å². The number of anilines is 1. The van der Waals surface area contributed by atoms with Crippen LogP contribution in [0.25, 0.3) is 0 Å². The molecule has 0 aromatic carbocycles. The Morgan fingerprint density at radius 3 is 2.94 bits per heavy atom. The lowest BCUT2D eigenvalue weighted by Crippen LogP contribution is -2.10. The van der Waals surface area contributed by atoms with Crippen LogP contribution in [0.3, 0.4) is 0 Å². The topological polar surface area (TPSA) is 79.3 Å². The van der Waals surface area contributed by atoms with E-state index in [0.29, 0.717) is 24.4 Å². The molecule has 0 radical (unpaired) electrons. The fourth-order valence-electron chi connectivity index (χ4n) is 1.27. The predicted molar refractivity (Wildman–Crippen MR) is 69.4 cm³/mol.